The molecule has 0 aromatic carbocycles. The van der Waals surface area contributed by atoms with E-state index in [1.54, 1.807) is 23.1 Å². The third-order valence-electron chi connectivity index (χ3n) is 3.85. The molecule has 2 aromatic rings. The van der Waals surface area contributed by atoms with Crippen LogP contribution in [0, 0.1) is 0 Å². The molecule has 3 N–H and O–H groups in total. The van der Waals surface area contributed by atoms with E-state index in [1.165, 1.54) is 25.7 Å². The van der Waals surface area contributed by atoms with E-state index in [0.717, 1.165) is 23.9 Å². The van der Waals surface area contributed by atoms with Crippen molar-refractivity contribution >= 4 is 11.4 Å². The van der Waals surface area contributed by atoms with Crippen LogP contribution in [0.2, 0.25) is 0 Å². The molecule has 0 atom stereocenters. The van der Waals surface area contributed by atoms with E-state index in [-0.39, 0.29) is 0 Å². The van der Waals surface area contributed by atoms with Crippen LogP contribution in [-0.4, -0.2) is 26.5 Å². The summed E-state index contributed by atoms with van der Waals surface area (Å²) in [5, 5.41) is 4.30. The van der Waals surface area contributed by atoms with Crippen molar-refractivity contribution in [3.8, 4) is 0 Å². The summed E-state index contributed by atoms with van der Waals surface area (Å²) in [6.07, 6.45) is 14.5. The van der Waals surface area contributed by atoms with E-state index in [9.17, 15) is 0 Å². The van der Waals surface area contributed by atoms with E-state index in [2.05, 4.69) is 15.5 Å². The fraction of sp³-hybridized carbons (Fsp3) is 0.500. The van der Waals surface area contributed by atoms with Crippen molar-refractivity contribution in [3.05, 3.63) is 30.4 Å². The molecule has 2 aromatic heterocycles. The van der Waals surface area contributed by atoms with E-state index >= 15 is 0 Å². The predicted octanol–water partition coefficient (Wildman–Crippen LogP) is 1.66. The first-order valence-electron chi connectivity index (χ1n) is 7.20. The van der Waals surface area contributed by atoms with Crippen LogP contribution in [0.5, 0.6) is 0 Å². The van der Waals surface area contributed by atoms with Gasteiger partial charge in [0.05, 0.1) is 29.5 Å². The number of aliphatic imine (C=N–C) groups is 1. The molecular formula is C14H20N6. The molecule has 2 heterocycles. The van der Waals surface area contributed by atoms with Crippen LogP contribution in [0.4, 0.5) is 0 Å². The second-order valence-electron chi connectivity index (χ2n) is 5.23. The molecule has 0 unspecified atom stereocenters. The van der Waals surface area contributed by atoms with Gasteiger partial charge in [0.1, 0.15) is 5.84 Å². The summed E-state index contributed by atoms with van der Waals surface area (Å²) >= 11 is 0. The highest BCUT2D eigenvalue weighted by molar-refractivity contribution is 6.04. The summed E-state index contributed by atoms with van der Waals surface area (Å²) in [5.41, 5.74) is 4.56. The normalized spacial score (nSPS) is 18.1. The molecule has 106 valence electrons. The molecule has 0 aliphatic heterocycles. The molecule has 0 spiro atoms. The minimum Gasteiger partial charge on any atom is -0.308 e. The number of nitrogens with one attached hydrogen (secondary N) is 1. The number of fused-ring (bicyclic) bond motifs is 1. The number of rotatable bonds is 2. The molecule has 1 aliphatic carbocycles. The van der Waals surface area contributed by atoms with Crippen molar-refractivity contribution in [3.63, 3.8) is 0 Å². The van der Waals surface area contributed by atoms with Gasteiger partial charge in [-0.3, -0.25) is 9.98 Å². The Morgan fingerprint density at radius 2 is 2.05 bits per heavy atom. The third-order valence-corrected chi connectivity index (χ3v) is 3.85. The molecule has 3 rings (SSSR count). The van der Waals surface area contributed by atoms with Crippen LogP contribution >= 0.6 is 0 Å². The van der Waals surface area contributed by atoms with Crippen molar-refractivity contribution in [2.24, 2.45) is 10.8 Å². The predicted molar refractivity (Wildman–Crippen MR) is 78.3 cm³/mol. The molecule has 6 nitrogen and oxygen atoms in total. The zero-order chi connectivity index (χ0) is 13.8. The topological polar surface area (TPSA) is 80.6 Å². The van der Waals surface area contributed by atoms with Gasteiger partial charge in [-0.05, 0) is 12.8 Å². The molecule has 0 saturated heterocycles. The molecular weight excluding hydrogens is 252 g/mol. The van der Waals surface area contributed by atoms with E-state index in [0.29, 0.717) is 11.9 Å². The van der Waals surface area contributed by atoms with Crippen LogP contribution in [0.15, 0.2) is 29.8 Å². The molecule has 1 aliphatic rings. The molecule has 6 heteroatoms. The Labute approximate surface area is 118 Å². The zero-order valence-electron chi connectivity index (χ0n) is 11.5. The van der Waals surface area contributed by atoms with Crippen molar-refractivity contribution in [2.45, 2.75) is 44.6 Å². The highest BCUT2D eigenvalue weighted by atomic mass is 15.3. The minimum atomic E-state index is 0.357. The highest BCUT2D eigenvalue weighted by Crippen LogP contribution is 2.20. The summed E-state index contributed by atoms with van der Waals surface area (Å²) < 4.78 is 1.78. The lowest BCUT2D eigenvalue weighted by atomic mass is 10.1. The Morgan fingerprint density at radius 1 is 1.25 bits per heavy atom. The Hall–Kier alpha value is -1.95. The lowest BCUT2D eigenvalue weighted by Gasteiger charge is -2.11. The van der Waals surface area contributed by atoms with Gasteiger partial charge in [0.25, 0.3) is 0 Å². The van der Waals surface area contributed by atoms with Gasteiger partial charge < -0.3 is 5.43 Å². The average molecular weight is 272 g/mol. The lowest BCUT2D eigenvalue weighted by Crippen LogP contribution is -2.32. The Balaban J connectivity index is 1.92. The van der Waals surface area contributed by atoms with Crippen molar-refractivity contribution in [1.29, 1.82) is 0 Å². The van der Waals surface area contributed by atoms with Gasteiger partial charge in [0.15, 0.2) is 0 Å². The van der Waals surface area contributed by atoms with Crippen molar-refractivity contribution in [1.82, 2.24) is 20.0 Å². The maximum Gasteiger partial charge on any atom is 0.146 e. The fourth-order valence-corrected chi connectivity index (χ4v) is 2.77. The number of amidine groups is 1. The maximum absolute atomic E-state index is 5.67. The fourth-order valence-electron chi connectivity index (χ4n) is 2.77. The summed E-state index contributed by atoms with van der Waals surface area (Å²) in [4.78, 5) is 8.95. The Kier molecular flexibility index (Phi) is 3.92. The largest absolute Gasteiger partial charge is 0.308 e. The third kappa shape index (κ3) is 2.65. The highest BCUT2D eigenvalue weighted by Gasteiger charge is 2.15. The number of nitrogens with zero attached hydrogens (tertiary/aromatic N) is 4. The van der Waals surface area contributed by atoms with Gasteiger partial charge in [0.2, 0.25) is 0 Å². The molecule has 20 heavy (non-hydrogen) atoms. The SMILES string of the molecule is NNC(=NC1CCCCCC1)c1cnn2ccncc12. The summed E-state index contributed by atoms with van der Waals surface area (Å²) in [6, 6.07) is 0.357. The number of hydrogen-bond acceptors (Lipinski definition) is 4. The van der Waals surface area contributed by atoms with Gasteiger partial charge in [-0.15, -0.1) is 0 Å². The average Bonchev–Trinajstić information content (AvgIpc) is 2.74. The molecule has 0 radical (unpaired) electrons. The Bertz CT molecular complexity index is 594. The van der Waals surface area contributed by atoms with Crippen LogP contribution in [0.25, 0.3) is 5.52 Å². The standard InChI is InChI=1S/C14H20N6/c15-19-14(18-11-5-3-1-2-4-6-11)12-9-17-20-8-7-16-10-13(12)20/h7-11H,1-6,15H2,(H,18,19). The van der Waals surface area contributed by atoms with Crippen LogP contribution < -0.4 is 11.3 Å². The summed E-state index contributed by atoms with van der Waals surface area (Å²) in [6.45, 7) is 0. The van der Waals surface area contributed by atoms with Crippen molar-refractivity contribution in [2.75, 3.05) is 0 Å². The van der Waals surface area contributed by atoms with E-state index < -0.39 is 0 Å². The van der Waals surface area contributed by atoms with E-state index in [4.69, 9.17) is 10.8 Å². The van der Waals surface area contributed by atoms with Crippen LogP contribution in [0.1, 0.15) is 44.1 Å². The number of nitrogens with two attached hydrogens (primary N) is 1. The number of hydrogen-bond donors (Lipinski definition) is 2. The van der Waals surface area contributed by atoms with Crippen LogP contribution in [0.3, 0.4) is 0 Å². The van der Waals surface area contributed by atoms with Gasteiger partial charge in [-0.1, -0.05) is 25.7 Å². The summed E-state index contributed by atoms with van der Waals surface area (Å²) in [5.74, 6) is 6.38. The van der Waals surface area contributed by atoms with Crippen molar-refractivity contribution < 1.29 is 0 Å². The number of hydrazine groups is 1. The van der Waals surface area contributed by atoms with Gasteiger partial charge in [-0.2, -0.15) is 5.10 Å². The lowest BCUT2D eigenvalue weighted by molar-refractivity contribution is 0.583. The quantitative estimate of drug-likeness (QED) is 0.286. The van der Waals surface area contributed by atoms with E-state index in [1.807, 2.05) is 6.20 Å². The molecule has 0 bridgehead atoms. The first kappa shape index (κ1) is 13.1. The number of aromatic nitrogens is 3. The maximum atomic E-state index is 5.67. The molecule has 1 fully saturated rings. The minimum absolute atomic E-state index is 0.357. The smallest absolute Gasteiger partial charge is 0.146 e. The first-order valence-corrected chi connectivity index (χ1v) is 7.20. The van der Waals surface area contributed by atoms with Gasteiger partial charge in [0, 0.05) is 12.4 Å². The monoisotopic (exact) mass is 272 g/mol. The summed E-state index contributed by atoms with van der Waals surface area (Å²) in [7, 11) is 0. The Morgan fingerprint density at radius 3 is 2.80 bits per heavy atom. The van der Waals surface area contributed by atoms with Crippen LogP contribution in [-0.2, 0) is 0 Å². The molecule has 1 saturated carbocycles. The second kappa shape index (κ2) is 6.00. The first-order chi connectivity index (χ1) is 9.88. The second-order valence-corrected chi connectivity index (χ2v) is 5.23. The van der Waals surface area contributed by atoms with Gasteiger partial charge in [-0.25, -0.2) is 10.4 Å². The van der Waals surface area contributed by atoms with Gasteiger partial charge >= 0.3 is 0 Å². The molecule has 0 amide bonds. The zero-order valence-corrected chi connectivity index (χ0v) is 11.5.